The second kappa shape index (κ2) is 8.23. The molecule has 0 bridgehead atoms. The van der Waals surface area contributed by atoms with Crippen LogP contribution >= 0.6 is 11.6 Å². The van der Waals surface area contributed by atoms with Crippen LogP contribution in [0.1, 0.15) is 23.2 Å². The Labute approximate surface area is 158 Å². The van der Waals surface area contributed by atoms with Crippen LogP contribution in [0.5, 0.6) is 5.75 Å². The van der Waals surface area contributed by atoms with Gasteiger partial charge in [0, 0.05) is 36.3 Å². The van der Waals surface area contributed by atoms with Crippen LogP contribution < -0.4 is 9.64 Å². The molecule has 5 nitrogen and oxygen atoms in total. The number of hydrogen-bond donors (Lipinski definition) is 0. The van der Waals surface area contributed by atoms with Gasteiger partial charge >= 0.3 is 0 Å². The first kappa shape index (κ1) is 18.3. The van der Waals surface area contributed by atoms with Crippen molar-refractivity contribution in [3.63, 3.8) is 0 Å². The van der Waals surface area contributed by atoms with Gasteiger partial charge in [0.1, 0.15) is 12.4 Å². The zero-order valence-electron chi connectivity index (χ0n) is 14.7. The third-order valence-electron chi connectivity index (χ3n) is 4.32. The average Bonchev–Trinajstić information content (AvgIpc) is 3.07. The molecule has 1 heterocycles. The molecule has 2 amide bonds. The molecule has 0 unspecified atom stereocenters. The lowest BCUT2D eigenvalue weighted by Crippen LogP contribution is -2.31. The van der Waals surface area contributed by atoms with Crippen LogP contribution in [0.3, 0.4) is 0 Å². The molecule has 2 aromatic rings. The Morgan fingerprint density at radius 2 is 2.04 bits per heavy atom. The first-order chi connectivity index (χ1) is 12.5. The number of hydrogen-bond acceptors (Lipinski definition) is 3. The summed E-state index contributed by atoms with van der Waals surface area (Å²) in [4.78, 5) is 27.9. The smallest absolute Gasteiger partial charge is 0.253 e. The lowest BCUT2D eigenvalue weighted by Gasteiger charge is -2.20. The predicted molar refractivity (Wildman–Crippen MR) is 102 cm³/mol. The van der Waals surface area contributed by atoms with Crippen LogP contribution in [0.4, 0.5) is 5.69 Å². The monoisotopic (exact) mass is 372 g/mol. The van der Waals surface area contributed by atoms with E-state index in [1.54, 1.807) is 41.1 Å². The van der Waals surface area contributed by atoms with Gasteiger partial charge in [-0.1, -0.05) is 23.7 Å². The Bertz CT molecular complexity index is 809. The van der Waals surface area contributed by atoms with E-state index < -0.39 is 0 Å². The van der Waals surface area contributed by atoms with Crippen molar-refractivity contribution in [1.82, 2.24) is 4.90 Å². The van der Waals surface area contributed by atoms with Crippen molar-refractivity contribution >= 4 is 29.1 Å². The minimum absolute atomic E-state index is 0.104. The molecule has 0 atom stereocenters. The highest BCUT2D eigenvalue weighted by Gasteiger charge is 2.22. The number of halogens is 1. The fraction of sp³-hybridized carbons (Fsp3) is 0.300. The maximum atomic E-state index is 12.6. The van der Waals surface area contributed by atoms with Crippen LogP contribution in [-0.4, -0.2) is 43.5 Å². The summed E-state index contributed by atoms with van der Waals surface area (Å²) in [5.41, 5.74) is 1.34. The number of amides is 2. The standard InChI is InChI=1S/C20H21ClN2O3/c1-22(11-12-26-18-8-3-6-16(21)14-18)20(25)15-5-2-7-17(13-15)23-10-4-9-19(23)24/h2-3,5-8,13-14H,4,9-12H2,1H3. The zero-order valence-corrected chi connectivity index (χ0v) is 15.4. The Hall–Kier alpha value is -2.53. The van der Waals surface area contributed by atoms with Gasteiger partial charge in [0.05, 0.1) is 6.54 Å². The van der Waals surface area contributed by atoms with Gasteiger partial charge in [-0.2, -0.15) is 0 Å². The first-order valence-electron chi connectivity index (χ1n) is 8.59. The van der Waals surface area contributed by atoms with E-state index in [4.69, 9.17) is 16.3 Å². The van der Waals surface area contributed by atoms with E-state index in [0.29, 0.717) is 42.5 Å². The van der Waals surface area contributed by atoms with Crippen LogP contribution in [-0.2, 0) is 4.79 Å². The number of rotatable bonds is 6. The molecule has 6 heteroatoms. The largest absolute Gasteiger partial charge is 0.492 e. The van der Waals surface area contributed by atoms with Gasteiger partial charge < -0.3 is 14.5 Å². The van der Waals surface area contributed by atoms with Crippen molar-refractivity contribution in [3.05, 3.63) is 59.1 Å². The third kappa shape index (κ3) is 4.35. The maximum Gasteiger partial charge on any atom is 0.253 e. The normalized spacial score (nSPS) is 13.8. The topological polar surface area (TPSA) is 49.9 Å². The van der Waals surface area contributed by atoms with E-state index in [-0.39, 0.29) is 11.8 Å². The van der Waals surface area contributed by atoms with Gasteiger partial charge in [0.2, 0.25) is 5.91 Å². The molecule has 1 saturated heterocycles. The summed E-state index contributed by atoms with van der Waals surface area (Å²) < 4.78 is 5.63. The second-order valence-corrected chi connectivity index (χ2v) is 6.67. The minimum atomic E-state index is -0.104. The average molecular weight is 373 g/mol. The van der Waals surface area contributed by atoms with Gasteiger partial charge in [-0.05, 0) is 42.8 Å². The van der Waals surface area contributed by atoms with Gasteiger partial charge in [-0.25, -0.2) is 0 Å². The molecule has 136 valence electrons. The number of nitrogens with zero attached hydrogens (tertiary/aromatic N) is 2. The zero-order chi connectivity index (χ0) is 18.5. The highest BCUT2D eigenvalue weighted by Crippen LogP contribution is 2.23. The number of anilines is 1. The summed E-state index contributed by atoms with van der Waals surface area (Å²) in [6.07, 6.45) is 1.43. The lowest BCUT2D eigenvalue weighted by molar-refractivity contribution is -0.117. The van der Waals surface area contributed by atoms with Gasteiger partial charge in [0.15, 0.2) is 0 Å². The van der Waals surface area contributed by atoms with E-state index in [1.165, 1.54) is 0 Å². The van der Waals surface area contributed by atoms with Crippen LogP contribution in [0.25, 0.3) is 0 Å². The molecule has 1 fully saturated rings. The van der Waals surface area contributed by atoms with Crippen molar-refractivity contribution in [2.45, 2.75) is 12.8 Å². The highest BCUT2D eigenvalue weighted by molar-refractivity contribution is 6.30. The number of ether oxygens (including phenoxy) is 1. The van der Waals surface area contributed by atoms with E-state index in [9.17, 15) is 9.59 Å². The molecule has 0 N–H and O–H groups in total. The SMILES string of the molecule is CN(CCOc1cccc(Cl)c1)C(=O)c1cccc(N2CCCC2=O)c1. The van der Waals surface area contributed by atoms with Crippen molar-refractivity contribution in [2.24, 2.45) is 0 Å². The fourth-order valence-electron chi connectivity index (χ4n) is 2.91. The third-order valence-corrected chi connectivity index (χ3v) is 4.55. The molecule has 26 heavy (non-hydrogen) atoms. The first-order valence-corrected chi connectivity index (χ1v) is 8.96. The Kier molecular flexibility index (Phi) is 5.78. The second-order valence-electron chi connectivity index (χ2n) is 6.23. The van der Waals surface area contributed by atoms with Crippen molar-refractivity contribution in [2.75, 3.05) is 31.6 Å². The molecule has 0 saturated carbocycles. The molecule has 0 aliphatic carbocycles. The quantitative estimate of drug-likeness (QED) is 0.778. The summed E-state index contributed by atoms with van der Waals surface area (Å²) in [6, 6.07) is 14.4. The molecule has 1 aliphatic rings. The molecule has 3 rings (SSSR count). The maximum absolute atomic E-state index is 12.6. The molecule has 0 spiro atoms. The van der Waals surface area contributed by atoms with Crippen molar-refractivity contribution < 1.29 is 14.3 Å². The van der Waals surface area contributed by atoms with E-state index in [0.717, 1.165) is 12.1 Å². The molecule has 1 aliphatic heterocycles. The minimum Gasteiger partial charge on any atom is -0.492 e. The van der Waals surface area contributed by atoms with E-state index in [1.807, 2.05) is 24.3 Å². The Morgan fingerprint density at radius 1 is 1.23 bits per heavy atom. The molecule has 2 aromatic carbocycles. The van der Waals surface area contributed by atoms with E-state index >= 15 is 0 Å². The Morgan fingerprint density at radius 3 is 2.77 bits per heavy atom. The van der Waals surface area contributed by atoms with Crippen LogP contribution in [0, 0.1) is 0 Å². The Balaban J connectivity index is 1.58. The highest BCUT2D eigenvalue weighted by atomic mass is 35.5. The molecule has 0 radical (unpaired) electrons. The summed E-state index contributed by atoms with van der Waals surface area (Å²) in [5.74, 6) is 0.680. The number of carbonyl (C=O) groups excluding carboxylic acids is 2. The summed E-state index contributed by atoms with van der Waals surface area (Å²) in [6.45, 7) is 1.52. The summed E-state index contributed by atoms with van der Waals surface area (Å²) in [7, 11) is 1.73. The molecular weight excluding hydrogens is 352 g/mol. The van der Waals surface area contributed by atoms with Gasteiger partial charge in [-0.15, -0.1) is 0 Å². The molecular formula is C20H21ClN2O3. The van der Waals surface area contributed by atoms with Crippen molar-refractivity contribution in [3.8, 4) is 5.75 Å². The van der Waals surface area contributed by atoms with Crippen LogP contribution in [0.2, 0.25) is 5.02 Å². The van der Waals surface area contributed by atoms with Crippen molar-refractivity contribution in [1.29, 1.82) is 0 Å². The number of likely N-dealkylation sites (N-methyl/N-ethyl adjacent to an activating group) is 1. The van der Waals surface area contributed by atoms with Gasteiger partial charge in [0.25, 0.3) is 5.91 Å². The molecule has 0 aromatic heterocycles. The fourth-order valence-corrected chi connectivity index (χ4v) is 3.09. The van der Waals surface area contributed by atoms with Gasteiger partial charge in [-0.3, -0.25) is 9.59 Å². The summed E-state index contributed by atoms with van der Waals surface area (Å²) >= 11 is 5.92. The number of benzene rings is 2. The number of carbonyl (C=O) groups is 2. The lowest BCUT2D eigenvalue weighted by atomic mass is 10.1. The predicted octanol–water partition coefficient (Wildman–Crippen LogP) is 3.62. The summed E-state index contributed by atoms with van der Waals surface area (Å²) in [5, 5.41) is 0.611. The van der Waals surface area contributed by atoms with Crippen LogP contribution in [0.15, 0.2) is 48.5 Å². The van der Waals surface area contributed by atoms with E-state index in [2.05, 4.69) is 0 Å².